The normalized spacial score (nSPS) is 13.7. The van der Waals surface area contributed by atoms with E-state index in [0.717, 1.165) is 41.0 Å². The lowest BCUT2D eigenvalue weighted by molar-refractivity contribution is 0.416. The van der Waals surface area contributed by atoms with Gasteiger partial charge in [0.05, 0.1) is 18.4 Å². The van der Waals surface area contributed by atoms with Gasteiger partial charge in [-0.2, -0.15) is 0 Å². The number of aromatic nitrogens is 5. The molecule has 1 aromatic carbocycles. The Balaban J connectivity index is 1.57. The molecule has 0 saturated heterocycles. The van der Waals surface area contributed by atoms with E-state index in [1.165, 1.54) is 11.8 Å². The quantitative estimate of drug-likeness (QED) is 0.442. The first kappa shape index (κ1) is 16.8. The first-order valence-corrected chi connectivity index (χ1v) is 9.41. The molecule has 0 aliphatic heterocycles. The van der Waals surface area contributed by atoms with E-state index >= 15 is 0 Å². The SMILES string of the molecule is C=CCn1c(SCc2nnc(C3CC3)o2)nnc1-c1ccccc1OC. The molecule has 0 N–H and O–H groups in total. The molecule has 4 rings (SSSR count). The number of hydrogen-bond acceptors (Lipinski definition) is 7. The minimum Gasteiger partial charge on any atom is -0.496 e. The average molecular weight is 369 g/mol. The van der Waals surface area contributed by atoms with E-state index in [-0.39, 0.29) is 0 Å². The van der Waals surface area contributed by atoms with Crippen molar-refractivity contribution >= 4 is 11.8 Å². The molecule has 134 valence electrons. The Labute approximate surface area is 155 Å². The van der Waals surface area contributed by atoms with Crippen LogP contribution in [0.4, 0.5) is 0 Å². The molecule has 0 bridgehead atoms. The molecule has 7 nitrogen and oxygen atoms in total. The van der Waals surface area contributed by atoms with Crippen LogP contribution in [0.2, 0.25) is 0 Å². The summed E-state index contributed by atoms with van der Waals surface area (Å²) in [5.41, 5.74) is 0.894. The van der Waals surface area contributed by atoms with Gasteiger partial charge in [0.2, 0.25) is 11.8 Å². The first-order valence-electron chi connectivity index (χ1n) is 8.42. The molecule has 26 heavy (non-hydrogen) atoms. The number of allylic oxidation sites excluding steroid dienone is 1. The van der Waals surface area contributed by atoms with Gasteiger partial charge in [-0.05, 0) is 25.0 Å². The van der Waals surface area contributed by atoms with Crippen molar-refractivity contribution in [2.24, 2.45) is 0 Å². The van der Waals surface area contributed by atoms with Crippen molar-refractivity contribution in [3.8, 4) is 17.1 Å². The molecule has 0 unspecified atom stereocenters. The minimum absolute atomic E-state index is 0.461. The van der Waals surface area contributed by atoms with Crippen LogP contribution in [0.25, 0.3) is 11.4 Å². The van der Waals surface area contributed by atoms with Crippen LogP contribution in [0, 0.1) is 0 Å². The molecule has 1 saturated carbocycles. The molecule has 0 amide bonds. The number of methoxy groups -OCH3 is 1. The van der Waals surface area contributed by atoms with E-state index in [0.29, 0.717) is 24.1 Å². The topological polar surface area (TPSA) is 78.9 Å². The lowest BCUT2D eigenvalue weighted by Gasteiger charge is -2.10. The summed E-state index contributed by atoms with van der Waals surface area (Å²) in [5.74, 6) is 3.89. The maximum absolute atomic E-state index is 5.72. The van der Waals surface area contributed by atoms with Gasteiger partial charge >= 0.3 is 0 Å². The zero-order chi connectivity index (χ0) is 17.9. The number of benzene rings is 1. The predicted molar refractivity (Wildman–Crippen MR) is 98.0 cm³/mol. The highest BCUT2D eigenvalue weighted by Gasteiger charge is 2.29. The van der Waals surface area contributed by atoms with Crippen molar-refractivity contribution in [1.82, 2.24) is 25.0 Å². The van der Waals surface area contributed by atoms with Crippen LogP contribution >= 0.6 is 11.8 Å². The fourth-order valence-corrected chi connectivity index (χ4v) is 3.45. The van der Waals surface area contributed by atoms with Crippen LogP contribution in [-0.4, -0.2) is 32.1 Å². The summed E-state index contributed by atoms with van der Waals surface area (Å²) >= 11 is 1.52. The number of para-hydroxylation sites is 1. The third-order valence-corrected chi connectivity index (χ3v) is 5.06. The van der Waals surface area contributed by atoms with E-state index in [1.807, 2.05) is 34.9 Å². The molecule has 1 aliphatic carbocycles. The summed E-state index contributed by atoms with van der Waals surface area (Å²) in [7, 11) is 1.65. The van der Waals surface area contributed by atoms with Gasteiger partial charge in [0.15, 0.2) is 11.0 Å². The van der Waals surface area contributed by atoms with Gasteiger partial charge in [-0.3, -0.25) is 4.57 Å². The van der Waals surface area contributed by atoms with E-state index < -0.39 is 0 Å². The summed E-state index contributed by atoms with van der Waals surface area (Å²) in [5, 5.41) is 17.7. The molecule has 0 spiro atoms. The number of thioether (sulfide) groups is 1. The van der Waals surface area contributed by atoms with Gasteiger partial charge in [-0.1, -0.05) is 30.0 Å². The lowest BCUT2D eigenvalue weighted by atomic mass is 10.2. The van der Waals surface area contributed by atoms with Gasteiger partial charge < -0.3 is 9.15 Å². The minimum atomic E-state index is 0.461. The monoisotopic (exact) mass is 369 g/mol. The summed E-state index contributed by atoms with van der Waals surface area (Å²) in [6, 6.07) is 7.76. The lowest BCUT2D eigenvalue weighted by Crippen LogP contribution is -2.01. The Morgan fingerprint density at radius 1 is 1.27 bits per heavy atom. The van der Waals surface area contributed by atoms with Crippen LogP contribution in [0.15, 0.2) is 46.5 Å². The average Bonchev–Trinajstić information content (AvgIpc) is 3.29. The van der Waals surface area contributed by atoms with E-state index in [4.69, 9.17) is 9.15 Å². The van der Waals surface area contributed by atoms with Gasteiger partial charge in [0, 0.05) is 12.5 Å². The molecule has 1 fully saturated rings. The zero-order valence-corrected chi connectivity index (χ0v) is 15.3. The second kappa shape index (κ2) is 7.33. The largest absolute Gasteiger partial charge is 0.496 e. The predicted octanol–water partition coefficient (Wildman–Crippen LogP) is 3.69. The summed E-state index contributed by atoms with van der Waals surface area (Å²) < 4.78 is 13.2. The standard InChI is InChI=1S/C18H19N5O2S/c1-3-10-23-16(13-6-4-5-7-14(13)24-2)20-22-18(23)26-11-15-19-21-17(25-15)12-8-9-12/h3-7,12H,1,8-11H2,2H3. The van der Waals surface area contributed by atoms with Crippen molar-refractivity contribution in [1.29, 1.82) is 0 Å². The molecule has 2 aromatic heterocycles. The van der Waals surface area contributed by atoms with Crippen molar-refractivity contribution < 1.29 is 9.15 Å². The smallest absolute Gasteiger partial charge is 0.226 e. The molecule has 1 aliphatic rings. The van der Waals surface area contributed by atoms with Crippen LogP contribution in [0.1, 0.15) is 30.5 Å². The van der Waals surface area contributed by atoms with E-state index in [2.05, 4.69) is 27.0 Å². The highest BCUT2D eigenvalue weighted by molar-refractivity contribution is 7.98. The Hall–Kier alpha value is -2.61. The molecule has 8 heteroatoms. The Kier molecular flexibility index (Phi) is 4.75. The van der Waals surface area contributed by atoms with Crippen molar-refractivity contribution in [2.45, 2.75) is 36.2 Å². The number of rotatable bonds is 8. The third-order valence-electron chi connectivity index (χ3n) is 4.11. The molecular formula is C18H19N5O2S. The Morgan fingerprint density at radius 3 is 2.88 bits per heavy atom. The maximum Gasteiger partial charge on any atom is 0.226 e. The number of ether oxygens (including phenoxy) is 1. The summed E-state index contributed by atoms with van der Waals surface area (Å²) in [4.78, 5) is 0. The van der Waals surface area contributed by atoms with E-state index in [9.17, 15) is 0 Å². The third kappa shape index (κ3) is 3.37. The van der Waals surface area contributed by atoms with Gasteiger partial charge in [-0.25, -0.2) is 0 Å². The number of nitrogens with zero attached hydrogens (tertiary/aromatic N) is 5. The second-order valence-electron chi connectivity index (χ2n) is 6.00. The fourth-order valence-electron chi connectivity index (χ4n) is 2.66. The van der Waals surface area contributed by atoms with Gasteiger partial charge in [0.25, 0.3) is 0 Å². The van der Waals surface area contributed by atoms with Crippen molar-refractivity contribution in [3.05, 3.63) is 48.7 Å². The highest BCUT2D eigenvalue weighted by atomic mass is 32.2. The van der Waals surface area contributed by atoms with Crippen molar-refractivity contribution in [2.75, 3.05) is 7.11 Å². The molecule has 2 heterocycles. The summed E-state index contributed by atoms with van der Waals surface area (Å²) in [6.07, 6.45) is 4.11. The summed E-state index contributed by atoms with van der Waals surface area (Å²) in [6.45, 7) is 4.44. The molecule has 3 aromatic rings. The van der Waals surface area contributed by atoms with E-state index in [1.54, 1.807) is 7.11 Å². The van der Waals surface area contributed by atoms with Crippen LogP contribution in [-0.2, 0) is 12.3 Å². The maximum atomic E-state index is 5.72. The zero-order valence-electron chi connectivity index (χ0n) is 14.5. The van der Waals surface area contributed by atoms with Crippen molar-refractivity contribution in [3.63, 3.8) is 0 Å². The molecule has 0 atom stereocenters. The van der Waals surface area contributed by atoms with Crippen LogP contribution in [0.3, 0.4) is 0 Å². The van der Waals surface area contributed by atoms with Gasteiger partial charge in [-0.15, -0.1) is 27.0 Å². The Bertz CT molecular complexity index is 916. The van der Waals surface area contributed by atoms with Crippen LogP contribution in [0.5, 0.6) is 5.75 Å². The van der Waals surface area contributed by atoms with Crippen LogP contribution < -0.4 is 4.74 Å². The molecular weight excluding hydrogens is 350 g/mol. The second-order valence-corrected chi connectivity index (χ2v) is 6.95. The number of hydrogen-bond donors (Lipinski definition) is 0. The first-order chi connectivity index (χ1) is 12.8. The highest BCUT2D eigenvalue weighted by Crippen LogP contribution is 2.39. The van der Waals surface area contributed by atoms with Gasteiger partial charge in [0.1, 0.15) is 5.75 Å². The molecule has 0 radical (unpaired) electrons. The Morgan fingerprint density at radius 2 is 2.12 bits per heavy atom. The fraction of sp³-hybridized carbons (Fsp3) is 0.333.